The van der Waals surface area contributed by atoms with Crippen LogP contribution in [0, 0.1) is 0 Å². The second kappa shape index (κ2) is 11.1. The van der Waals surface area contributed by atoms with Gasteiger partial charge in [0.1, 0.15) is 18.1 Å². The number of phenolic OH excluding ortho intramolecular Hbond substituents is 2. The monoisotopic (exact) mass is 491 g/mol. The van der Waals surface area contributed by atoms with Crippen molar-refractivity contribution in [2.24, 2.45) is 0 Å². The van der Waals surface area contributed by atoms with Gasteiger partial charge in [0.2, 0.25) is 10.6 Å². The first-order valence-electron chi connectivity index (χ1n) is 10.6. The molecule has 0 spiro atoms. The molecular weight excluding hydrogens is 468 g/mol. The summed E-state index contributed by atoms with van der Waals surface area (Å²) in [5.41, 5.74) is 2.49. The zero-order valence-electron chi connectivity index (χ0n) is 18.2. The van der Waals surface area contributed by atoms with Gasteiger partial charge in [0.25, 0.3) is 0 Å². The highest BCUT2D eigenvalue weighted by atomic mass is 31.1. The number of hydrogen-bond acceptors (Lipinski definition) is 5. The van der Waals surface area contributed by atoms with Gasteiger partial charge in [-0.2, -0.15) is 0 Å². The van der Waals surface area contributed by atoms with E-state index in [9.17, 15) is 19.3 Å². The lowest BCUT2D eigenvalue weighted by molar-refractivity contribution is 0.340. The van der Waals surface area contributed by atoms with Crippen LogP contribution in [0.5, 0.6) is 11.5 Å². The summed E-state index contributed by atoms with van der Waals surface area (Å²) in [7, 11) is -4.18. The van der Waals surface area contributed by atoms with Crippen LogP contribution in [0.1, 0.15) is 0 Å². The molecule has 170 valence electrons. The van der Waals surface area contributed by atoms with E-state index >= 15 is 0 Å². The smallest absolute Gasteiger partial charge is 0.507 e. The highest BCUT2D eigenvalue weighted by molar-refractivity contribution is 7.51. The molecule has 0 aliphatic carbocycles. The van der Waals surface area contributed by atoms with Crippen molar-refractivity contribution in [3.8, 4) is 33.8 Å². The van der Waals surface area contributed by atoms with E-state index in [4.69, 9.17) is 4.52 Å². The van der Waals surface area contributed by atoms with Crippen molar-refractivity contribution < 1.29 is 23.9 Å². The summed E-state index contributed by atoms with van der Waals surface area (Å²) in [6.07, 6.45) is 0. The van der Waals surface area contributed by atoms with Crippen LogP contribution in [0.4, 0.5) is 0 Å². The Labute approximate surface area is 199 Å². The minimum atomic E-state index is -2.19. The molecule has 0 radical (unpaired) electrons. The maximum Gasteiger partial charge on any atom is 0.549 e. The van der Waals surface area contributed by atoms with Gasteiger partial charge in [-0.05, 0) is 45.5 Å². The zero-order chi connectivity index (χ0) is 23.9. The molecule has 0 aliphatic rings. The van der Waals surface area contributed by atoms with Gasteiger partial charge < -0.3 is 10.2 Å². The molecule has 4 aromatic rings. The first kappa shape index (κ1) is 23.7. The van der Waals surface area contributed by atoms with Crippen molar-refractivity contribution in [1.29, 1.82) is 0 Å². The summed E-state index contributed by atoms with van der Waals surface area (Å²) in [6, 6.07) is 28.0. The van der Waals surface area contributed by atoms with Crippen LogP contribution < -0.4 is 15.7 Å². The summed E-state index contributed by atoms with van der Waals surface area (Å²) in [5, 5.41) is 24.3. The third-order valence-electron chi connectivity index (χ3n) is 5.18. The summed E-state index contributed by atoms with van der Waals surface area (Å²) >= 11 is 0. The Kier molecular flexibility index (Phi) is 7.79. The molecule has 0 saturated carbocycles. The number of phenols is 2. The number of nitrogens with one attached hydrogen (secondary N) is 1. The van der Waals surface area contributed by atoms with Crippen LogP contribution in [-0.2, 0) is 13.7 Å². The minimum Gasteiger partial charge on any atom is -0.507 e. The van der Waals surface area contributed by atoms with Gasteiger partial charge >= 0.3 is 16.0 Å². The molecule has 2 atom stereocenters. The van der Waals surface area contributed by atoms with Crippen molar-refractivity contribution in [1.82, 2.24) is 5.09 Å². The molecule has 0 bridgehead atoms. The summed E-state index contributed by atoms with van der Waals surface area (Å²) in [4.78, 5) is 0. The number of rotatable bonds is 9. The molecule has 3 N–H and O–H groups in total. The van der Waals surface area contributed by atoms with Crippen LogP contribution >= 0.6 is 16.0 Å². The lowest BCUT2D eigenvalue weighted by Crippen LogP contribution is -2.17. The van der Waals surface area contributed by atoms with E-state index in [1.165, 1.54) is 0 Å². The molecule has 0 saturated heterocycles. The van der Waals surface area contributed by atoms with Gasteiger partial charge in [0.15, 0.2) is 0 Å². The van der Waals surface area contributed by atoms with Gasteiger partial charge in [-0.15, -0.1) is 9.61 Å². The fraction of sp³-hybridized carbons (Fsp3) is 0.0769. The van der Waals surface area contributed by atoms with E-state index in [2.05, 4.69) is 5.09 Å². The van der Waals surface area contributed by atoms with Crippen molar-refractivity contribution in [3.05, 3.63) is 97.1 Å². The van der Waals surface area contributed by atoms with Crippen LogP contribution in [0.25, 0.3) is 22.3 Å². The Morgan fingerprint density at radius 2 is 1.06 bits per heavy atom. The molecule has 0 aliphatic heterocycles. The first-order chi connectivity index (χ1) is 16.6. The number of para-hydroxylation sites is 2. The van der Waals surface area contributed by atoms with E-state index in [0.717, 1.165) is 0 Å². The third kappa shape index (κ3) is 5.39. The molecule has 0 fully saturated rings. The van der Waals surface area contributed by atoms with Crippen molar-refractivity contribution in [2.45, 2.75) is 0 Å². The van der Waals surface area contributed by atoms with Crippen LogP contribution in [0.15, 0.2) is 97.1 Å². The Hall–Kier alpha value is -3.40. The largest absolute Gasteiger partial charge is 0.549 e. The predicted molar refractivity (Wildman–Crippen MR) is 136 cm³/mol. The van der Waals surface area contributed by atoms with Crippen molar-refractivity contribution in [2.75, 3.05) is 13.2 Å². The fourth-order valence-electron chi connectivity index (χ4n) is 3.57. The number of hydrogen-bond donors (Lipinski definition) is 3. The van der Waals surface area contributed by atoms with E-state index in [0.29, 0.717) is 32.9 Å². The van der Waals surface area contributed by atoms with Gasteiger partial charge in [-0.3, -0.25) is 0 Å². The normalized spacial score (nSPS) is 11.8. The number of benzene rings is 4. The van der Waals surface area contributed by atoms with Gasteiger partial charge in [-0.1, -0.05) is 60.7 Å². The summed E-state index contributed by atoms with van der Waals surface area (Å²) < 4.78 is 31.3. The number of aromatic hydroxyl groups is 2. The van der Waals surface area contributed by atoms with Crippen LogP contribution in [-0.4, -0.2) is 23.4 Å². The topological polar surface area (TPSA) is 95.9 Å². The summed E-state index contributed by atoms with van der Waals surface area (Å²) in [5.74, 6) is 0.210. The molecule has 6 nitrogen and oxygen atoms in total. The fourth-order valence-corrected chi connectivity index (χ4v) is 5.67. The molecule has 0 aromatic heterocycles. The second-order valence-electron chi connectivity index (χ2n) is 7.36. The average Bonchev–Trinajstić information content (AvgIpc) is 2.87. The van der Waals surface area contributed by atoms with E-state index in [1.807, 2.05) is 24.3 Å². The Balaban J connectivity index is 1.40. The Morgan fingerprint density at radius 3 is 1.62 bits per heavy atom. The average molecular weight is 491 g/mol. The lowest BCUT2D eigenvalue weighted by Gasteiger charge is -2.05. The zero-order valence-corrected chi connectivity index (χ0v) is 20.0. The molecule has 0 amide bonds. The molecule has 2 unspecified atom stereocenters. The molecule has 8 heteroatoms. The SMILES string of the molecule is O=[P+](NCCO[P+](=O)c1ccccc1-c1ccccc1O)c1ccccc1-c1ccccc1O. The summed E-state index contributed by atoms with van der Waals surface area (Å²) in [6.45, 7) is 0.286. The molecule has 0 heterocycles. The highest BCUT2D eigenvalue weighted by Crippen LogP contribution is 2.34. The first-order valence-corrected chi connectivity index (χ1v) is 13.1. The van der Waals surface area contributed by atoms with E-state index in [-0.39, 0.29) is 24.7 Å². The quantitative estimate of drug-likeness (QED) is 0.212. The Morgan fingerprint density at radius 1 is 0.618 bits per heavy atom. The molecule has 34 heavy (non-hydrogen) atoms. The second-order valence-corrected chi connectivity index (χ2v) is 10.0. The van der Waals surface area contributed by atoms with Gasteiger partial charge in [0.05, 0.1) is 6.54 Å². The maximum absolute atomic E-state index is 12.9. The molecule has 4 aromatic carbocycles. The van der Waals surface area contributed by atoms with Gasteiger partial charge in [-0.25, -0.2) is 0 Å². The molecular formula is C26H23NO5P2+2. The van der Waals surface area contributed by atoms with Crippen LogP contribution in [0.2, 0.25) is 0 Å². The van der Waals surface area contributed by atoms with E-state index in [1.54, 1.807) is 72.8 Å². The standard InChI is InChI=1S/C26H21NO5P2/c28-23-13-5-1-9-19(23)21-11-3-7-15-25(21)33(30)27-17-18-32-34(31)26-16-8-4-12-22(26)20-10-2-6-14-24(20)29/h1-16H,17-18H2,(H-2,27,28,29,30,31)/p+2. The van der Waals surface area contributed by atoms with E-state index < -0.39 is 16.0 Å². The lowest BCUT2D eigenvalue weighted by atomic mass is 10.0. The highest BCUT2D eigenvalue weighted by Gasteiger charge is 2.29. The van der Waals surface area contributed by atoms with Crippen molar-refractivity contribution in [3.63, 3.8) is 0 Å². The van der Waals surface area contributed by atoms with Gasteiger partial charge in [0, 0.05) is 22.3 Å². The third-order valence-corrected chi connectivity index (χ3v) is 7.72. The minimum absolute atomic E-state index is 0.0735. The predicted octanol–water partition coefficient (Wildman–Crippen LogP) is 5.47. The van der Waals surface area contributed by atoms with Crippen molar-refractivity contribution >= 4 is 26.6 Å². The maximum atomic E-state index is 12.9. The Bertz CT molecular complexity index is 1240. The molecule has 4 rings (SSSR count). The van der Waals surface area contributed by atoms with Crippen LogP contribution in [0.3, 0.4) is 0 Å².